The van der Waals surface area contributed by atoms with Crippen molar-refractivity contribution in [3.63, 3.8) is 0 Å². The summed E-state index contributed by atoms with van der Waals surface area (Å²) in [7, 11) is 0. The Balaban J connectivity index is 2.11. The molecule has 0 spiro atoms. The first-order valence-corrected chi connectivity index (χ1v) is 8.18. The van der Waals surface area contributed by atoms with Crippen LogP contribution >= 0.6 is 11.6 Å². The molecular formula is C17H26ClN. The molecule has 0 heterocycles. The summed E-state index contributed by atoms with van der Waals surface area (Å²) in [6.07, 6.45) is 9.53. The largest absolute Gasteiger partial charge is 0.310 e. The van der Waals surface area contributed by atoms with Gasteiger partial charge in [-0.3, -0.25) is 0 Å². The molecule has 2 heteroatoms. The molecule has 0 radical (unpaired) electrons. The molecule has 1 N–H and O–H groups in total. The summed E-state index contributed by atoms with van der Waals surface area (Å²) in [5.41, 5.74) is 1.41. The maximum absolute atomic E-state index is 6.01. The second-order valence-corrected chi connectivity index (χ2v) is 6.17. The molecular weight excluding hydrogens is 254 g/mol. The van der Waals surface area contributed by atoms with Crippen molar-refractivity contribution in [1.82, 2.24) is 5.32 Å². The van der Waals surface area contributed by atoms with Gasteiger partial charge in [0.2, 0.25) is 0 Å². The van der Waals surface area contributed by atoms with Gasteiger partial charge >= 0.3 is 0 Å². The molecule has 1 fully saturated rings. The van der Waals surface area contributed by atoms with E-state index in [1.54, 1.807) is 0 Å². The van der Waals surface area contributed by atoms with Gasteiger partial charge in [-0.1, -0.05) is 56.3 Å². The third kappa shape index (κ3) is 4.50. The minimum Gasteiger partial charge on any atom is -0.310 e. The van der Waals surface area contributed by atoms with Gasteiger partial charge in [0.25, 0.3) is 0 Å². The van der Waals surface area contributed by atoms with Gasteiger partial charge in [-0.05, 0) is 49.4 Å². The van der Waals surface area contributed by atoms with E-state index in [2.05, 4.69) is 24.4 Å². The molecule has 106 valence electrons. The highest BCUT2D eigenvalue weighted by Crippen LogP contribution is 2.33. The van der Waals surface area contributed by atoms with Gasteiger partial charge in [0.05, 0.1) is 0 Å². The van der Waals surface area contributed by atoms with Gasteiger partial charge in [0.15, 0.2) is 0 Å². The van der Waals surface area contributed by atoms with Crippen molar-refractivity contribution < 1.29 is 0 Å². The minimum atomic E-state index is 0.510. The van der Waals surface area contributed by atoms with Crippen LogP contribution in [0.15, 0.2) is 24.3 Å². The van der Waals surface area contributed by atoms with E-state index in [1.807, 2.05) is 12.1 Å². The summed E-state index contributed by atoms with van der Waals surface area (Å²) in [6.45, 7) is 3.34. The SMILES string of the molecule is CCCNC(c1ccc(Cl)cc1)C1CCCCCC1. The highest BCUT2D eigenvalue weighted by Gasteiger charge is 2.23. The van der Waals surface area contributed by atoms with Crippen molar-refractivity contribution in [2.24, 2.45) is 5.92 Å². The molecule has 19 heavy (non-hydrogen) atoms. The van der Waals surface area contributed by atoms with Crippen molar-refractivity contribution in [2.75, 3.05) is 6.54 Å². The number of benzene rings is 1. The van der Waals surface area contributed by atoms with Gasteiger partial charge in [0.1, 0.15) is 0 Å². The maximum atomic E-state index is 6.01. The second-order valence-electron chi connectivity index (χ2n) is 5.73. The average Bonchev–Trinajstić information content (AvgIpc) is 2.70. The van der Waals surface area contributed by atoms with Gasteiger partial charge in [0, 0.05) is 11.1 Å². The lowest BCUT2D eigenvalue weighted by Crippen LogP contribution is -2.29. The van der Waals surface area contributed by atoms with E-state index in [4.69, 9.17) is 11.6 Å². The van der Waals surface area contributed by atoms with Crippen LogP contribution in [0.5, 0.6) is 0 Å². The van der Waals surface area contributed by atoms with Crippen LogP contribution in [0.2, 0.25) is 5.02 Å². The molecule has 1 aromatic carbocycles. The van der Waals surface area contributed by atoms with E-state index in [0.29, 0.717) is 6.04 Å². The van der Waals surface area contributed by atoms with Crippen molar-refractivity contribution in [3.8, 4) is 0 Å². The van der Waals surface area contributed by atoms with Crippen LogP contribution < -0.4 is 5.32 Å². The number of hydrogen-bond donors (Lipinski definition) is 1. The Bertz CT molecular complexity index is 352. The first-order chi connectivity index (χ1) is 9.31. The first-order valence-electron chi connectivity index (χ1n) is 7.80. The van der Waals surface area contributed by atoms with E-state index >= 15 is 0 Å². The van der Waals surface area contributed by atoms with Crippen LogP contribution in [0.3, 0.4) is 0 Å². The van der Waals surface area contributed by atoms with Crippen LogP contribution in [-0.4, -0.2) is 6.54 Å². The Labute approximate surface area is 122 Å². The lowest BCUT2D eigenvalue weighted by Gasteiger charge is -2.28. The standard InChI is InChI=1S/C17H26ClN/c1-2-13-19-17(14-7-5-3-4-6-8-14)15-9-11-16(18)12-10-15/h9-12,14,17,19H,2-8,13H2,1H3. The lowest BCUT2D eigenvalue weighted by molar-refractivity contribution is 0.326. The number of hydrogen-bond acceptors (Lipinski definition) is 1. The normalized spacial score (nSPS) is 19.1. The average molecular weight is 280 g/mol. The predicted octanol–water partition coefficient (Wildman–Crippen LogP) is 5.35. The minimum absolute atomic E-state index is 0.510. The van der Waals surface area contributed by atoms with Crippen molar-refractivity contribution in [2.45, 2.75) is 57.9 Å². The highest BCUT2D eigenvalue weighted by atomic mass is 35.5. The third-order valence-corrected chi connectivity index (χ3v) is 4.47. The van der Waals surface area contributed by atoms with Crippen LogP contribution in [0.4, 0.5) is 0 Å². The molecule has 1 aliphatic carbocycles. The van der Waals surface area contributed by atoms with Crippen LogP contribution in [0.1, 0.15) is 63.5 Å². The quantitative estimate of drug-likeness (QED) is 0.716. The zero-order chi connectivity index (χ0) is 13.5. The Kier molecular flexibility index (Phi) is 6.19. The molecule has 1 aromatic rings. The third-order valence-electron chi connectivity index (χ3n) is 4.21. The summed E-state index contributed by atoms with van der Waals surface area (Å²) in [5.74, 6) is 0.787. The number of nitrogens with one attached hydrogen (secondary N) is 1. The molecule has 0 amide bonds. The van der Waals surface area contributed by atoms with E-state index < -0.39 is 0 Å². The monoisotopic (exact) mass is 279 g/mol. The molecule has 1 aliphatic rings. The number of rotatable bonds is 5. The summed E-state index contributed by atoms with van der Waals surface area (Å²) in [6, 6.07) is 8.94. The Morgan fingerprint density at radius 1 is 1.11 bits per heavy atom. The predicted molar refractivity (Wildman–Crippen MR) is 83.7 cm³/mol. The van der Waals surface area contributed by atoms with E-state index in [-0.39, 0.29) is 0 Å². The zero-order valence-electron chi connectivity index (χ0n) is 12.0. The highest BCUT2D eigenvalue weighted by molar-refractivity contribution is 6.30. The van der Waals surface area contributed by atoms with Gasteiger partial charge < -0.3 is 5.32 Å². The first kappa shape index (κ1) is 14.9. The molecule has 1 unspecified atom stereocenters. The van der Waals surface area contributed by atoms with E-state index in [0.717, 1.165) is 17.5 Å². The summed E-state index contributed by atoms with van der Waals surface area (Å²) in [5, 5.41) is 4.59. The van der Waals surface area contributed by atoms with Crippen molar-refractivity contribution >= 4 is 11.6 Å². The van der Waals surface area contributed by atoms with E-state index in [9.17, 15) is 0 Å². The van der Waals surface area contributed by atoms with E-state index in [1.165, 1.54) is 50.5 Å². The topological polar surface area (TPSA) is 12.0 Å². The Morgan fingerprint density at radius 3 is 2.32 bits per heavy atom. The smallest absolute Gasteiger partial charge is 0.0406 e. The van der Waals surface area contributed by atoms with Crippen LogP contribution in [0.25, 0.3) is 0 Å². The molecule has 0 aliphatic heterocycles. The molecule has 1 saturated carbocycles. The second kappa shape index (κ2) is 7.91. The number of halogens is 1. The van der Waals surface area contributed by atoms with Crippen LogP contribution in [0, 0.1) is 5.92 Å². The fourth-order valence-corrected chi connectivity index (χ4v) is 3.30. The van der Waals surface area contributed by atoms with Gasteiger partial charge in [-0.2, -0.15) is 0 Å². The molecule has 1 nitrogen and oxygen atoms in total. The van der Waals surface area contributed by atoms with Crippen molar-refractivity contribution in [3.05, 3.63) is 34.9 Å². The summed E-state index contributed by atoms with van der Waals surface area (Å²) in [4.78, 5) is 0. The molecule has 2 rings (SSSR count). The molecule has 1 atom stereocenters. The summed E-state index contributed by atoms with van der Waals surface area (Å²) < 4.78 is 0. The maximum Gasteiger partial charge on any atom is 0.0406 e. The van der Waals surface area contributed by atoms with Crippen molar-refractivity contribution in [1.29, 1.82) is 0 Å². The fourth-order valence-electron chi connectivity index (χ4n) is 3.17. The molecule has 0 aromatic heterocycles. The Morgan fingerprint density at radius 2 is 1.74 bits per heavy atom. The van der Waals surface area contributed by atoms with Crippen LogP contribution in [-0.2, 0) is 0 Å². The Hall–Kier alpha value is -0.530. The lowest BCUT2D eigenvalue weighted by atomic mass is 9.87. The van der Waals surface area contributed by atoms with Gasteiger partial charge in [-0.15, -0.1) is 0 Å². The molecule has 0 saturated heterocycles. The summed E-state index contributed by atoms with van der Waals surface area (Å²) >= 11 is 6.01. The van der Waals surface area contributed by atoms with Gasteiger partial charge in [-0.25, -0.2) is 0 Å². The molecule has 0 bridgehead atoms. The fraction of sp³-hybridized carbons (Fsp3) is 0.647. The zero-order valence-corrected chi connectivity index (χ0v) is 12.8.